The molecule has 0 aliphatic rings. The summed E-state index contributed by atoms with van der Waals surface area (Å²) in [5.41, 5.74) is 1.47. The summed E-state index contributed by atoms with van der Waals surface area (Å²) >= 11 is 0. The minimum atomic E-state index is -0.168. The average molecular weight is 331 g/mol. The second kappa shape index (κ2) is 9.01. The van der Waals surface area contributed by atoms with Gasteiger partial charge in [0.25, 0.3) is 5.91 Å². The number of amides is 1. The smallest absolute Gasteiger partial charge is 0.255 e. The second-order valence-electron chi connectivity index (χ2n) is 5.61. The Labute approximate surface area is 143 Å². The van der Waals surface area contributed by atoms with Gasteiger partial charge in [0.1, 0.15) is 6.26 Å². The highest BCUT2D eigenvalue weighted by Gasteiger charge is 2.15. The van der Waals surface area contributed by atoms with Crippen LogP contribution in [0.15, 0.2) is 41.2 Å². The molecule has 0 unspecified atom stereocenters. The van der Waals surface area contributed by atoms with Crippen LogP contribution in [0.2, 0.25) is 0 Å². The summed E-state index contributed by atoms with van der Waals surface area (Å²) in [6, 6.07) is 7.26. The van der Waals surface area contributed by atoms with E-state index in [1.165, 1.54) is 12.5 Å². The van der Waals surface area contributed by atoms with Crippen LogP contribution in [0.4, 0.5) is 0 Å². The van der Waals surface area contributed by atoms with Gasteiger partial charge in [-0.3, -0.25) is 4.79 Å². The number of hydrogen-bond donors (Lipinski definition) is 1. The lowest BCUT2D eigenvalue weighted by molar-refractivity contribution is 0.0939. The van der Waals surface area contributed by atoms with Crippen LogP contribution in [0.5, 0.6) is 11.5 Å². The maximum absolute atomic E-state index is 12.1. The molecular formula is C19H25NO4. The molecule has 24 heavy (non-hydrogen) atoms. The van der Waals surface area contributed by atoms with Crippen molar-refractivity contribution in [2.75, 3.05) is 13.2 Å². The average Bonchev–Trinajstić information content (AvgIpc) is 3.13. The van der Waals surface area contributed by atoms with Gasteiger partial charge in [0.2, 0.25) is 0 Å². The Balaban J connectivity index is 2.11. The van der Waals surface area contributed by atoms with E-state index in [2.05, 4.69) is 19.2 Å². The van der Waals surface area contributed by atoms with Crippen molar-refractivity contribution in [3.63, 3.8) is 0 Å². The van der Waals surface area contributed by atoms with Crippen LogP contribution in [0.3, 0.4) is 0 Å². The quantitative estimate of drug-likeness (QED) is 0.742. The lowest BCUT2D eigenvalue weighted by Gasteiger charge is -2.17. The Bertz CT molecular complexity index is 637. The van der Waals surface area contributed by atoms with Gasteiger partial charge in [-0.15, -0.1) is 0 Å². The molecule has 1 atom stereocenters. The molecule has 0 radical (unpaired) electrons. The molecule has 0 saturated heterocycles. The zero-order valence-electron chi connectivity index (χ0n) is 14.5. The molecule has 5 heteroatoms. The molecule has 0 aliphatic heterocycles. The minimum Gasteiger partial charge on any atom is -0.490 e. The Kier molecular flexibility index (Phi) is 6.73. The van der Waals surface area contributed by atoms with Crippen molar-refractivity contribution < 1.29 is 18.7 Å². The summed E-state index contributed by atoms with van der Waals surface area (Å²) in [5, 5.41) is 2.95. The van der Waals surface area contributed by atoms with Gasteiger partial charge in [-0.2, -0.15) is 0 Å². The molecule has 2 aromatic rings. The molecule has 1 aromatic heterocycles. The van der Waals surface area contributed by atoms with Crippen molar-refractivity contribution in [2.45, 2.75) is 39.7 Å². The highest BCUT2D eigenvalue weighted by atomic mass is 16.5. The standard InChI is InChI=1S/C19H25NO4/c1-4-9-23-17-7-6-15(12-18(17)24-10-5-2)14(3)20-19(21)16-8-11-22-13-16/h6-8,11-14H,4-5,9-10H2,1-3H3,(H,20,21)/t14-/m1/s1. The fourth-order valence-corrected chi connectivity index (χ4v) is 2.21. The van der Waals surface area contributed by atoms with Gasteiger partial charge in [-0.05, 0) is 43.5 Å². The number of ether oxygens (including phenoxy) is 2. The zero-order chi connectivity index (χ0) is 17.4. The summed E-state index contributed by atoms with van der Waals surface area (Å²) in [6.07, 6.45) is 4.77. The van der Waals surface area contributed by atoms with Crippen molar-refractivity contribution in [1.82, 2.24) is 5.32 Å². The highest BCUT2D eigenvalue weighted by Crippen LogP contribution is 2.31. The van der Waals surface area contributed by atoms with E-state index in [1.54, 1.807) is 6.07 Å². The molecule has 0 bridgehead atoms. The molecule has 5 nitrogen and oxygen atoms in total. The molecule has 0 spiro atoms. The SMILES string of the molecule is CCCOc1ccc([C@@H](C)NC(=O)c2ccoc2)cc1OCCC. The first kappa shape index (κ1) is 17.9. The van der Waals surface area contributed by atoms with E-state index in [-0.39, 0.29) is 11.9 Å². The van der Waals surface area contributed by atoms with E-state index >= 15 is 0 Å². The van der Waals surface area contributed by atoms with Gasteiger partial charge in [0.05, 0.1) is 31.1 Å². The van der Waals surface area contributed by atoms with Crippen LogP contribution in [0, 0.1) is 0 Å². The van der Waals surface area contributed by atoms with Crippen molar-refractivity contribution >= 4 is 5.91 Å². The predicted octanol–water partition coefficient (Wildman–Crippen LogP) is 4.35. The molecule has 1 aromatic carbocycles. The molecule has 130 valence electrons. The molecular weight excluding hydrogens is 306 g/mol. The number of carbonyl (C=O) groups is 1. The third-order valence-electron chi connectivity index (χ3n) is 3.52. The van der Waals surface area contributed by atoms with Gasteiger partial charge in [-0.1, -0.05) is 19.9 Å². The molecule has 1 N–H and O–H groups in total. The zero-order valence-corrected chi connectivity index (χ0v) is 14.5. The van der Waals surface area contributed by atoms with Crippen LogP contribution < -0.4 is 14.8 Å². The lowest BCUT2D eigenvalue weighted by Crippen LogP contribution is -2.26. The number of carbonyl (C=O) groups excluding carboxylic acids is 1. The number of hydrogen-bond acceptors (Lipinski definition) is 4. The fraction of sp³-hybridized carbons (Fsp3) is 0.421. The van der Waals surface area contributed by atoms with Gasteiger partial charge < -0.3 is 19.2 Å². The van der Waals surface area contributed by atoms with Crippen LogP contribution >= 0.6 is 0 Å². The Morgan fingerprint density at radius 2 is 1.83 bits per heavy atom. The van der Waals surface area contributed by atoms with Gasteiger partial charge in [-0.25, -0.2) is 0 Å². The van der Waals surface area contributed by atoms with Crippen LogP contribution in [0.25, 0.3) is 0 Å². The third kappa shape index (κ3) is 4.78. The molecule has 1 heterocycles. The number of benzene rings is 1. The number of rotatable bonds is 9. The van der Waals surface area contributed by atoms with Gasteiger partial charge in [0.15, 0.2) is 11.5 Å². The summed E-state index contributed by atoms with van der Waals surface area (Å²) in [6.45, 7) is 7.33. The first-order valence-electron chi connectivity index (χ1n) is 8.38. The summed E-state index contributed by atoms with van der Waals surface area (Å²) in [5.74, 6) is 1.29. The highest BCUT2D eigenvalue weighted by molar-refractivity contribution is 5.94. The Morgan fingerprint density at radius 1 is 1.12 bits per heavy atom. The van der Waals surface area contributed by atoms with Crippen molar-refractivity contribution in [1.29, 1.82) is 0 Å². The van der Waals surface area contributed by atoms with E-state index in [1.807, 2.05) is 25.1 Å². The van der Waals surface area contributed by atoms with E-state index in [4.69, 9.17) is 13.9 Å². The van der Waals surface area contributed by atoms with E-state index in [9.17, 15) is 4.79 Å². The molecule has 2 rings (SSSR count). The van der Waals surface area contributed by atoms with Gasteiger partial charge >= 0.3 is 0 Å². The van der Waals surface area contributed by atoms with Crippen LogP contribution in [0.1, 0.15) is 55.6 Å². The topological polar surface area (TPSA) is 60.7 Å². The molecule has 1 amide bonds. The van der Waals surface area contributed by atoms with Crippen LogP contribution in [-0.2, 0) is 0 Å². The first-order chi connectivity index (χ1) is 11.7. The van der Waals surface area contributed by atoms with Crippen molar-refractivity contribution in [3.8, 4) is 11.5 Å². The normalized spacial score (nSPS) is 11.8. The summed E-state index contributed by atoms with van der Waals surface area (Å²) in [7, 11) is 0. The Morgan fingerprint density at radius 3 is 2.46 bits per heavy atom. The fourth-order valence-electron chi connectivity index (χ4n) is 2.21. The monoisotopic (exact) mass is 331 g/mol. The van der Waals surface area contributed by atoms with Gasteiger partial charge in [0, 0.05) is 0 Å². The third-order valence-corrected chi connectivity index (χ3v) is 3.52. The molecule has 0 saturated carbocycles. The maximum Gasteiger partial charge on any atom is 0.255 e. The van der Waals surface area contributed by atoms with E-state index in [0.717, 1.165) is 24.2 Å². The van der Waals surface area contributed by atoms with Crippen molar-refractivity contribution in [3.05, 3.63) is 47.9 Å². The predicted molar refractivity (Wildman–Crippen MR) is 92.6 cm³/mol. The molecule has 0 fully saturated rings. The number of furan rings is 1. The van der Waals surface area contributed by atoms with E-state index < -0.39 is 0 Å². The second-order valence-corrected chi connectivity index (χ2v) is 5.61. The lowest BCUT2D eigenvalue weighted by atomic mass is 10.1. The largest absolute Gasteiger partial charge is 0.490 e. The van der Waals surface area contributed by atoms with Crippen molar-refractivity contribution in [2.24, 2.45) is 0 Å². The summed E-state index contributed by atoms with van der Waals surface area (Å²) in [4.78, 5) is 12.1. The summed E-state index contributed by atoms with van der Waals surface area (Å²) < 4.78 is 16.5. The maximum atomic E-state index is 12.1. The van der Waals surface area contributed by atoms with E-state index in [0.29, 0.717) is 24.5 Å². The van der Waals surface area contributed by atoms with Crippen LogP contribution in [-0.4, -0.2) is 19.1 Å². The number of nitrogens with one attached hydrogen (secondary N) is 1. The Hall–Kier alpha value is -2.43. The molecule has 0 aliphatic carbocycles. The minimum absolute atomic E-state index is 0.156. The first-order valence-corrected chi connectivity index (χ1v) is 8.38.